The highest BCUT2D eigenvalue weighted by Crippen LogP contribution is 2.44. The van der Waals surface area contributed by atoms with Crippen LogP contribution in [0.2, 0.25) is 0 Å². The minimum absolute atomic E-state index is 0.123. The number of para-hydroxylation sites is 1. The Labute approximate surface area is 133 Å². The van der Waals surface area contributed by atoms with Crippen LogP contribution in [0.1, 0.15) is 30.4 Å². The first-order valence-corrected chi connectivity index (χ1v) is 7.42. The first-order chi connectivity index (χ1) is 10.7. The van der Waals surface area contributed by atoms with Crippen molar-refractivity contribution in [2.75, 3.05) is 11.9 Å². The highest BCUT2D eigenvalue weighted by molar-refractivity contribution is 5.96. The molecule has 0 aromatic heterocycles. The van der Waals surface area contributed by atoms with E-state index in [1.54, 1.807) is 0 Å². The van der Waals surface area contributed by atoms with Crippen LogP contribution in [0, 0.1) is 13.8 Å². The summed E-state index contributed by atoms with van der Waals surface area (Å²) in [6, 6.07) is 5.45. The molecule has 7 heteroatoms. The quantitative estimate of drug-likeness (QED) is 0.773. The average Bonchev–Trinajstić information content (AvgIpc) is 2.46. The Morgan fingerprint density at radius 1 is 1.26 bits per heavy atom. The second-order valence-corrected chi connectivity index (χ2v) is 5.96. The number of nitrogens with one attached hydrogen (secondary N) is 2. The van der Waals surface area contributed by atoms with Gasteiger partial charge in [0.2, 0.25) is 5.91 Å². The van der Waals surface area contributed by atoms with Crippen molar-refractivity contribution in [2.45, 2.75) is 44.6 Å². The number of amides is 2. The van der Waals surface area contributed by atoms with Gasteiger partial charge in [-0.15, -0.1) is 0 Å². The lowest BCUT2D eigenvalue weighted by Crippen LogP contribution is -2.61. The minimum atomic E-state index is -3.90. The van der Waals surface area contributed by atoms with E-state index in [-0.39, 0.29) is 12.8 Å². The van der Waals surface area contributed by atoms with E-state index in [9.17, 15) is 23.5 Å². The zero-order chi connectivity index (χ0) is 17.3. The summed E-state index contributed by atoms with van der Waals surface area (Å²) in [6.45, 7) is 3.03. The largest absolute Gasteiger partial charge is 0.383 e. The molecule has 1 fully saturated rings. The normalized spacial score (nSPS) is 16.4. The second-order valence-electron chi connectivity index (χ2n) is 5.96. The SMILES string of the molecule is Cc1cccc(C)c1NC(=O)CNC(=O)C(F)(F)C1(O)CCC1. The molecule has 0 saturated heterocycles. The molecule has 1 aromatic rings. The van der Waals surface area contributed by atoms with Crippen LogP contribution in [-0.4, -0.2) is 35.0 Å². The fraction of sp³-hybridized carbons (Fsp3) is 0.500. The summed E-state index contributed by atoms with van der Waals surface area (Å²) in [5.74, 6) is -6.13. The first-order valence-electron chi connectivity index (χ1n) is 7.42. The van der Waals surface area contributed by atoms with E-state index >= 15 is 0 Å². The molecule has 1 aromatic carbocycles. The standard InChI is InChI=1S/C16H20F2N2O3/c1-10-5-3-6-11(2)13(10)20-12(21)9-19-14(22)16(17,18)15(23)7-4-8-15/h3,5-6,23H,4,7-9H2,1-2H3,(H,19,22)(H,20,21). The van der Waals surface area contributed by atoms with Crippen LogP contribution < -0.4 is 10.6 Å². The van der Waals surface area contributed by atoms with E-state index in [1.165, 1.54) is 0 Å². The van der Waals surface area contributed by atoms with Crippen molar-refractivity contribution in [3.05, 3.63) is 29.3 Å². The summed E-state index contributed by atoms with van der Waals surface area (Å²) in [6.07, 6.45) is 0.205. The Morgan fingerprint density at radius 3 is 2.30 bits per heavy atom. The van der Waals surface area contributed by atoms with Gasteiger partial charge < -0.3 is 15.7 Å². The summed E-state index contributed by atoms with van der Waals surface area (Å²) in [5, 5.41) is 14.2. The molecular formula is C16H20F2N2O3. The van der Waals surface area contributed by atoms with Crippen LogP contribution in [0.3, 0.4) is 0 Å². The van der Waals surface area contributed by atoms with E-state index < -0.39 is 29.9 Å². The lowest BCUT2D eigenvalue weighted by molar-refractivity contribution is -0.215. The monoisotopic (exact) mass is 326 g/mol. The molecule has 0 spiro atoms. The van der Waals surface area contributed by atoms with Crippen LogP contribution in [0.5, 0.6) is 0 Å². The Hall–Kier alpha value is -2.02. The number of hydrogen-bond acceptors (Lipinski definition) is 3. The molecule has 23 heavy (non-hydrogen) atoms. The number of carbonyl (C=O) groups excluding carboxylic acids is 2. The first kappa shape index (κ1) is 17.3. The van der Waals surface area contributed by atoms with E-state index in [0.717, 1.165) is 11.1 Å². The second kappa shape index (κ2) is 6.23. The molecule has 1 aliphatic rings. The van der Waals surface area contributed by atoms with Gasteiger partial charge in [-0.25, -0.2) is 0 Å². The van der Waals surface area contributed by atoms with Crippen LogP contribution in [-0.2, 0) is 9.59 Å². The molecule has 0 radical (unpaired) electrons. The molecule has 1 aliphatic carbocycles. The van der Waals surface area contributed by atoms with E-state index in [4.69, 9.17) is 0 Å². The maximum atomic E-state index is 13.9. The smallest absolute Gasteiger partial charge is 0.352 e. The molecule has 0 aliphatic heterocycles. The maximum absolute atomic E-state index is 13.9. The summed E-state index contributed by atoms with van der Waals surface area (Å²) < 4.78 is 27.7. The number of benzene rings is 1. The van der Waals surface area contributed by atoms with Gasteiger partial charge in [-0.1, -0.05) is 18.2 Å². The summed E-state index contributed by atoms with van der Waals surface area (Å²) >= 11 is 0. The number of halogens is 2. The van der Waals surface area contributed by atoms with Gasteiger partial charge in [0.1, 0.15) is 5.60 Å². The molecular weight excluding hydrogens is 306 g/mol. The molecule has 2 rings (SSSR count). The van der Waals surface area contributed by atoms with Crippen LogP contribution in [0.15, 0.2) is 18.2 Å². The molecule has 126 valence electrons. The highest BCUT2D eigenvalue weighted by Gasteiger charge is 2.61. The van der Waals surface area contributed by atoms with Crippen molar-refractivity contribution in [3.8, 4) is 0 Å². The van der Waals surface area contributed by atoms with Crippen molar-refractivity contribution in [3.63, 3.8) is 0 Å². The van der Waals surface area contributed by atoms with Crippen molar-refractivity contribution in [1.82, 2.24) is 5.32 Å². The van der Waals surface area contributed by atoms with Crippen LogP contribution in [0.4, 0.5) is 14.5 Å². The fourth-order valence-corrected chi connectivity index (χ4v) is 2.50. The third kappa shape index (κ3) is 3.34. The van der Waals surface area contributed by atoms with Gasteiger partial charge >= 0.3 is 5.92 Å². The third-order valence-electron chi connectivity index (χ3n) is 4.21. The molecule has 0 heterocycles. The van der Waals surface area contributed by atoms with E-state index in [2.05, 4.69) is 5.32 Å². The Balaban J connectivity index is 1.93. The Kier molecular flexibility index (Phi) is 4.70. The number of hydrogen-bond donors (Lipinski definition) is 3. The lowest BCUT2D eigenvalue weighted by atomic mass is 9.75. The molecule has 1 saturated carbocycles. The highest BCUT2D eigenvalue weighted by atomic mass is 19.3. The number of aliphatic hydroxyl groups is 1. The van der Waals surface area contributed by atoms with Gasteiger partial charge in [0.25, 0.3) is 5.91 Å². The fourth-order valence-electron chi connectivity index (χ4n) is 2.50. The lowest BCUT2D eigenvalue weighted by Gasteiger charge is -2.41. The van der Waals surface area contributed by atoms with Crippen molar-refractivity contribution in [1.29, 1.82) is 0 Å². The maximum Gasteiger partial charge on any atom is 0.352 e. The van der Waals surface area contributed by atoms with Gasteiger partial charge in [-0.3, -0.25) is 9.59 Å². The number of alkyl halides is 2. The van der Waals surface area contributed by atoms with Gasteiger partial charge in [-0.05, 0) is 44.2 Å². The predicted molar refractivity (Wildman–Crippen MR) is 81.3 cm³/mol. The zero-order valence-electron chi connectivity index (χ0n) is 13.1. The number of rotatable bonds is 5. The van der Waals surface area contributed by atoms with Gasteiger partial charge in [0.05, 0.1) is 6.54 Å². The molecule has 3 N–H and O–H groups in total. The Morgan fingerprint density at radius 2 is 1.83 bits per heavy atom. The molecule has 0 atom stereocenters. The molecule has 5 nitrogen and oxygen atoms in total. The molecule has 0 unspecified atom stereocenters. The predicted octanol–water partition coefficient (Wildman–Crippen LogP) is 1.91. The Bertz CT molecular complexity index is 608. The minimum Gasteiger partial charge on any atom is -0.383 e. The number of aryl methyl sites for hydroxylation is 2. The summed E-state index contributed by atoms with van der Waals surface area (Å²) in [4.78, 5) is 23.4. The molecule has 2 amide bonds. The molecule has 0 bridgehead atoms. The van der Waals surface area contributed by atoms with Gasteiger partial charge in [0, 0.05) is 5.69 Å². The summed E-state index contributed by atoms with van der Waals surface area (Å²) in [7, 11) is 0. The van der Waals surface area contributed by atoms with Crippen LogP contribution in [0.25, 0.3) is 0 Å². The van der Waals surface area contributed by atoms with Crippen molar-refractivity contribution >= 4 is 17.5 Å². The summed E-state index contributed by atoms with van der Waals surface area (Å²) in [5.41, 5.74) is -0.0334. The van der Waals surface area contributed by atoms with Crippen LogP contribution >= 0.6 is 0 Å². The number of carbonyl (C=O) groups is 2. The van der Waals surface area contributed by atoms with Gasteiger partial charge in [0.15, 0.2) is 0 Å². The average molecular weight is 326 g/mol. The van der Waals surface area contributed by atoms with E-state index in [1.807, 2.05) is 37.4 Å². The topological polar surface area (TPSA) is 78.4 Å². The third-order valence-corrected chi connectivity index (χ3v) is 4.21. The van der Waals surface area contributed by atoms with Crippen molar-refractivity contribution < 1.29 is 23.5 Å². The zero-order valence-corrected chi connectivity index (χ0v) is 13.1. The number of anilines is 1. The van der Waals surface area contributed by atoms with Crippen molar-refractivity contribution in [2.24, 2.45) is 0 Å². The van der Waals surface area contributed by atoms with Gasteiger partial charge in [-0.2, -0.15) is 8.78 Å². The van der Waals surface area contributed by atoms with E-state index in [0.29, 0.717) is 12.1 Å².